The number of aromatic nitrogens is 1. The molecular formula is C13H9ClF3N3S. The zero-order chi connectivity index (χ0) is 15.6. The van der Waals surface area contributed by atoms with Gasteiger partial charge in [-0.1, -0.05) is 29.9 Å². The molecule has 2 rings (SSSR count). The van der Waals surface area contributed by atoms with E-state index in [1.165, 1.54) is 6.07 Å². The number of benzene rings is 1. The highest BCUT2D eigenvalue weighted by Crippen LogP contribution is 2.30. The van der Waals surface area contributed by atoms with E-state index >= 15 is 0 Å². The number of halogens is 4. The van der Waals surface area contributed by atoms with Gasteiger partial charge in [-0.25, -0.2) is 4.98 Å². The molecule has 21 heavy (non-hydrogen) atoms. The number of hydrogen-bond acceptors (Lipinski definition) is 3. The summed E-state index contributed by atoms with van der Waals surface area (Å²) in [4.78, 5) is 3.44. The Hall–Kier alpha value is -1.86. The topological polar surface area (TPSA) is 50.9 Å². The van der Waals surface area contributed by atoms with Crippen molar-refractivity contribution in [3.63, 3.8) is 0 Å². The van der Waals surface area contributed by atoms with Gasteiger partial charge in [0.05, 0.1) is 28.2 Å². The van der Waals surface area contributed by atoms with E-state index in [-0.39, 0.29) is 4.99 Å². The number of anilines is 2. The highest BCUT2D eigenvalue weighted by molar-refractivity contribution is 7.80. The van der Waals surface area contributed by atoms with E-state index in [9.17, 15) is 13.2 Å². The Morgan fingerprint density at radius 3 is 2.48 bits per heavy atom. The molecule has 0 bridgehead atoms. The van der Waals surface area contributed by atoms with E-state index in [4.69, 9.17) is 29.6 Å². The summed E-state index contributed by atoms with van der Waals surface area (Å²) in [5.74, 6) is 0. The van der Waals surface area contributed by atoms with Gasteiger partial charge in [0.25, 0.3) is 0 Å². The average Bonchev–Trinajstić information content (AvgIpc) is 2.38. The Labute approximate surface area is 128 Å². The first kappa shape index (κ1) is 15.5. The van der Waals surface area contributed by atoms with Crippen LogP contribution in [0.4, 0.5) is 24.5 Å². The molecule has 0 saturated heterocycles. The van der Waals surface area contributed by atoms with Gasteiger partial charge in [0.2, 0.25) is 0 Å². The van der Waals surface area contributed by atoms with E-state index in [2.05, 4.69) is 10.3 Å². The predicted molar refractivity (Wildman–Crippen MR) is 79.9 cm³/mol. The Balaban J connectivity index is 2.31. The molecule has 1 heterocycles. The molecular weight excluding hydrogens is 323 g/mol. The summed E-state index contributed by atoms with van der Waals surface area (Å²) in [5, 5.41) is 3.25. The van der Waals surface area contributed by atoms with Crippen LogP contribution < -0.4 is 11.1 Å². The van der Waals surface area contributed by atoms with Gasteiger partial charge in [0, 0.05) is 0 Å². The summed E-state index contributed by atoms with van der Waals surface area (Å²) in [6, 6.07) is 7.10. The van der Waals surface area contributed by atoms with E-state index in [1.807, 2.05) is 0 Å². The minimum atomic E-state index is -4.47. The molecule has 3 nitrogen and oxygen atoms in total. The van der Waals surface area contributed by atoms with Crippen LogP contribution in [0.3, 0.4) is 0 Å². The second-order valence-electron chi connectivity index (χ2n) is 4.08. The zero-order valence-electron chi connectivity index (χ0n) is 10.4. The largest absolute Gasteiger partial charge is 0.433 e. The molecule has 0 amide bonds. The maximum absolute atomic E-state index is 12.4. The first-order valence-corrected chi connectivity index (χ1v) is 6.46. The van der Waals surface area contributed by atoms with E-state index in [0.29, 0.717) is 22.0 Å². The molecule has 0 fully saturated rings. The van der Waals surface area contributed by atoms with Crippen molar-refractivity contribution >= 4 is 40.2 Å². The molecule has 0 aliphatic carbocycles. The Morgan fingerprint density at radius 2 is 1.95 bits per heavy atom. The molecule has 0 aliphatic rings. The summed E-state index contributed by atoms with van der Waals surface area (Å²) in [5.41, 5.74) is 5.91. The summed E-state index contributed by atoms with van der Waals surface area (Å²) >= 11 is 10.9. The van der Waals surface area contributed by atoms with Crippen LogP contribution in [0.1, 0.15) is 11.3 Å². The summed E-state index contributed by atoms with van der Waals surface area (Å²) in [6.45, 7) is 0. The highest BCUT2D eigenvalue weighted by Gasteiger charge is 2.32. The monoisotopic (exact) mass is 331 g/mol. The number of hydrogen-bond donors (Lipinski definition) is 2. The molecule has 1 aromatic carbocycles. The van der Waals surface area contributed by atoms with Crippen LogP contribution >= 0.6 is 23.8 Å². The van der Waals surface area contributed by atoms with Gasteiger partial charge < -0.3 is 11.1 Å². The molecule has 0 aliphatic heterocycles. The SMILES string of the molecule is NC(=S)c1c(Cl)cccc1Nc1ccc(C(F)(F)F)nc1. The molecule has 0 saturated carbocycles. The molecule has 0 spiro atoms. The highest BCUT2D eigenvalue weighted by atomic mass is 35.5. The third kappa shape index (κ3) is 3.62. The maximum Gasteiger partial charge on any atom is 0.433 e. The lowest BCUT2D eigenvalue weighted by atomic mass is 10.1. The van der Waals surface area contributed by atoms with Crippen LogP contribution in [0.5, 0.6) is 0 Å². The minimum Gasteiger partial charge on any atom is -0.389 e. The first-order valence-electron chi connectivity index (χ1n) is 5.67. The lowest BCUT2D eigenvalue weighted by molar-refractivity contribution is -0.141. The fraction of sp³-hybridized carbons (Fsp3) is 0.0769. The standard InChI is InChI=1S/C13H9ClF3N3S/c14-8-2-1-3-9(11(8)12(18)21)20-7-4-5-10(19-6-7)13(15,16)17/h1-6,20H,(H2,18,21). The van der Waals surface area contributed by atoms with Crippen LogP contribution in [0.15, 0.2) is 36.5 Å². The number of alkyl halides is 3. The number of nitrogens with one attached hydrogen (secondary N) is 1. The van der Waals surface area contributed by atoms with Crippen molar-refractivity contribution in [2.45, 2.75) is 6.18 Å². The minimum absolute atomic E-state index is 0.0861. The Morgan fingerprint density at radius 1 is 1.24 bits per heavy atom. The van der Waals surface area contributed by atoms with Crippen molar-refractivity contribution in [1.82, 2.24) is 4.98 Å². The maximum atomic E-state index is 12.4. The van der Waals surface area contributed by atoms with E-state index < -0.39 is 11.9 Å². The van der Waals surface area contributed by atoms with Gasteiger partial charge in [-0.3, -0.25) is 0 Å². The number of pyridine rings is 1. The van der Waals surface area contributed by atoms with Crippen molar-refractivity contribution < 1.29 is 13.2 Å². The lowest BCUT2D eigenvalue weighted by Gasteiger charge is -2.13. The van der Waals surface area contributed by atoms with Crippen LogP contribution in [-0.4, -0.2) is 9.97 Å². The summed E-state index contributed by atoms with van der Waals surface area (Å²) in [6.07, 6.45) is -3.40. The van der Waals surface area contributed by atoms with Crippen LogP contribution in [0.25, 0.3) is 0 Å². The Kier molecular flexibility index (Phi) is 4.34. The summed E-state index contributed by atoms with van der Waals surface area (Å²) in [7, 11) is 0. The fourth-order valence-corrected chi connectivity index (χ4v) is 2.22. The first-order chi connectivity index (χ1) is 9.79. The molecule has 0 atom stereocenters. The summed E-state index contributed by atoms with van der Waals surface area (Å²) < 4.78 is 37.3. The molecule has 0 radical (unpaired) electrons. The van der Waals surface area contributed by atoms with Crippen molar-refractivity contribution in [3.05, 3.63) is 52.8 Å². The molecule has 1 aromatic heterocycles. The quantitative estimate of drug-likeness (QED) is 0.830. The third-order valence-corrected chi connectivity index (χ3v) is 3.11. The van der Waals surface area contributed by atoms with Gasteiger partial charge in [-0.05, 0) is 24.3 Å². The van der Waals surface area contributed by atoms with Gasteiger partial charge in [0.1, 0.15) is 10.7 Å². The second-order valence-corrected chi connectivity index (χ2v) is 4.93. The van der Waals surface area contributed by atoms with E-state index in [0.717, 1.165) is 12.3 Å². The van der Waals surface area contributed by atoms with Crippen molar-refractivity contribution in [3.8, 4) is 0 Å². The lowest BCUT2D eigenvalue weighted by Crippen LogP contribution is -2.13. The molecule has 3 N–H and O–H groups in total. The molecule has 0 unspecified atom stereocenters. The fourth-order valence-electron chi connectivity index (χ4n) is 1.67. The van der Waals surface area contributed by atoms with Crippen LogP contribution in [-0.2, 0) is 6.18 Å². The number of nitrogens with two attached hydrogens (primary N) is 1. The van der Waals surface area contributed by atoms with Crippen LogP contribution in [0.2, 0.25) is 5.02 Å². The van der Waals surface area contributed by atoms with E-state index in [1.54, 1.807) is 18.2 Å². The average molecular weight is 332 g/mol. The molecule has 2 aromatic rings. The molecule has 110 valence electrons. The number of thiocarbonyl (C=S) groups is 1. The van der Waals surface area contributed by atoms with Gasteiger partial charge in [0.15, 0.2) is 0 Å². The normalized spacial score (nSPS) is 11.2. The van der Waals surface area contributed by atoms with Gasteiger partial charge in [-0.15, -0.1) is 0 Å². The van der Waals surface area contributed by atoms with Crippen molar-refractivity contribution in [2.24, 2.45) is 5.73 Å². The van der Waals surface area contributed by atoms with Crippen LogP contribution in [0, 0.1) is 0 Å². The predicted octanol–water partition coefficient (Wildman–Crippen LogP) is 4.13. The van der Waals surface area contributed by atoms with Crippen molar-refractivity contribution in [2.75, 3.05) is 5.32 Å². The van der Waals surface area contributed by atoms with Crippen molar-refractivity contribution in [1.29, 1.82) is 0 Å². The zero-order valence-corrected chi connectivity index (χ0v) is 12.0. The smallest absolute Gasteiger partial charge is 0.389 e. The van der Waals surface area contributed by atoms with Gasteiger partial charge >= 0.3 is 6.18 Å². The third-order valence-electron chi connectivity index (χ3n) is 2.59. The van der Waals surface area contributed by atoms with Gasteiger partial charge in [-0.2, -0.15) is 13.2 Å². The second kappa shape index (κ2) is 5.87. The molecule has 8 heteroatoms. The number of nitrogens with zero attached hydrogens (tertiary/aromatic N) is 1. The number of rotatable bonds is 3. The Bertz CT molecular complexity index is 671.